The highest BCUT2D eigenvalue weighted by Crippen LogP contribution is 2.52. The molecule has 29 heavy (non-hydrogen) atoms. The Morgan fingerprint density at radius 2 is 1.72 bits per heavy atom. The van der Waals surface area contributed by atoms with Gasteiger partial charge in [0.1, 0.15) is 5.69 Å². The lowest BCUT2D eigenvalue weighted by atomic mass is 9.16. The van der Waals surface area contributed by atoms with E-state index < -0.39 is 6.28 Å². The van der Waals surface area contributed by atoms with Crippen molar-refractivity contribution in [2.24, 2.45) is 5.64 Å². The van der Waals surface area contributed by atoms with E-state index in [2.05, 4.69) is 43.7 Å². The zero-order valence-corrected chi connectivity index (χ0v) is 18.8. The van der Waals surface area contributed by atoms with Crippen molar-refractivity contribution in [2.75, 3.05) is 0 Å². The Bertz CT molecular complexity index is 829. The summed E-state index contributed by atoms with van der Waals surface area (Å²) in [6.07, 6.45) is 9.89. The molecule has 0 amide bonds. The highest BCUT2D eigenvalue weighted by atomic mass is 15.3. The van der Waals surface area contributed by atoms with Gasteiger partial charge in [0.15, 0.2) is 0 Å². The van der Waals surface area contributed by atoms with Crippen LogP contribution in [0.5, 0.6) is 0 Å². The van der Waals surface area contributed by atoms with E-state index in [1.165, 1.54) is 50.5 Å². The van der Waals surface area contributed by atoms with E-state index in [9.17, 15) is 0 Å². The quantitative estimate of drug-likeness (QED) is 0.638. The zero-order valence-electron chi connectivity index (χ0n) is 18.8. The summed E-state index contributed by atoms with van der Waals surface area (Å²) in [5.41, 5.74) is 11.5. The van der Waals surface area contributed by atoms with Crippen molar-refractivity contribution >= 4 is 6.28 Å². The van der Waals surface area contributed by atoms with Gasteiger partial charge in [-0.1, -0.05) is 71.8 Å². The lowest BCUT2D eigenvalue weighted by molar-refractivity contribution is 0.421. The van der Waals surface area contributed by atoms with Crippen molar-refractivity contribution in [3.8, 4) is 11.4 Å². The van der Waals surface area contributed by atoms with Gasteiger partial charge >= 0.3 is 0 Å². The molecule has 0 atom stereocenters. The predicted molar refractivity (Wildman–Crippen MR) is 123 cm³/mol. The van der Waals surface area contributed by atoms with E-state index in [4.69, 9.17) is 15.7 Å². The molecule has 0 unspecified atom stereocenters. The lowest BCUT2D eigenvalue weighted by Crippen LogP contribution is -2.57. The molecule has 4 rings (SSSR count). The highest BCUT2D eigenvalue weighted by molar-refractivity contribution is 6.80. The summed E-state index contributed by atoms with van der Waals surface area (Å²) >= 11 is 0. The molecule has 0 aromatic carbocycles. The Labute approximate surface area is 176 Å². The van der Waals surface area contributed by atoms with Crippen molar-refractivity contribution in [1.82, 2.24) is 14.8 Å². The van der Waals surface area contributed by atoms with Crippen LogP contribution in [0.1, 0.15) is 77.1 Å². The Balaban J connectivity index is 1.52. The molecule has 0 saturated carbocycles. The van der Waals surface area contributed by atoms with E-state index in [0.717, 1.165) is 41.7 Å². The molecule has 158 valence electrons. The van der Waals surface area contributed by atoms with Crippen molar-refractivity contribution in [3.05, 3.63) is 35.7 Å². The molecule has 2 fully saturated rings. The van der Waals surface area contributed by atoms with Crippen LogP contribution in [0.25, 0.3) is 11.4 Å². The highest BCUT2D eigenvalue weighted by Gasteiger charge is 2.40. The number of nitrogens with zero attached hydrogens (tertiary/aromatic N) is 3. The van der Waals surface area contributed by atoms with E-state index >= 15 is 0 Å². The van der Waals surface area contributed by atoms with Crippen molar-refractivity contribution in [1.29, 1.82) is 0 Å². The van der Waals surface area contributed by atoms with Crippen LogP contribution in [-0.2, 0) is 12.0 Å². The molecule has 0 aliphatic carbocycles. The maximum Gasteiger partial charge on any atom is 0.111 e. The molecule has 2 aliphatic heterocycles. The smallest absolute Gasteiger partial charge is 0.111 e. The largest absolute Gasteiger partial charge is 0.501 e. The Hall–Kier alpha value is -1.62. The summed E-state index contributed by atoms with van der Waals surface area (Å²) in [6, 6.07) is 8.40. The Morgan fingerprint density at radius 1 is 1.07 bits per heavy atom. The van der Waals surface area contributed by atoms with Gasteiger partial charge in [-0.3, -0.25) is 9.67 Å². The first-order valence-electron chi connectivity index (χ1n) is 11.8. The van der Waals surface area contributed by atoms with Gasteiger partial charge in [-0.05, 0) is 25.1 Å². The van der Waals surface area contributed by atoms with E-state index in [0.29, 0.717) is 0 Å². The molecular weight excluding hydrogens is 355 g/mol. The summed E-state index contributed by atoms with van der Waals surface area (Å²) in [7, 11) is 0. The van der Waals surface area contributed by atoms with Crippen LogP contribution < -0.4 is 5.64 Å². The van der Waals surface area contributed by atoms with Crippen LogP contribution in [0.3, 0.4) is 0 Å². The lowest BCUT2D eigenvalue weighted by Gasteiger charge is -2.57. The molecule has 2 aliphatic rings. The van der Waals surface area contributed by atoms with Crippen molar-refractivity contribution in [3.63, 3.8) is 0 Å². The number of fused-ring (bicyclic) bond motifs is 2. The first-order valence-corrected chi connectivity index (χ1v) is 11.8. The maximum absolute atomic E-state index is 7.13. The number of hydrogen-bond donors (Lipinski definition) is 1. The van der Waals surface area contributed by atoms with Crippen LogP contribution in [-0.4, -0.2) is 21.0 Å². The second-order valence-corrected chi connectivity index (χ2v) is 10.9. The minimum atomic E-state index is -0.694. The Morgan fingerprint density at radius 3 is 2.31 bits per heavy atom. The molecule has 5 heteroatoms. The van der Waals surface area contributed by atoms with E-state index in [-0.39, 0.29) is 5.41 Å². The van der Waals surface area contributed by atoms with Gasteiger partial charge in [-0.25, -0.2) is 0 Å². The number of pyridine rings is 1. The fraction of sp³-hybridized carbons (Fsp3) is 0.667. The minimum Gasteiger partial charge on any atom is -0.501 e. The second-order valence-electron chi connectivity index (χ2n) is 10.9. The maximum atomic E-state index is 7.13. The second kappa shape index (κ2) is 7.90. The van der Waals surface area contributed by atoms with Crippen LogP contribution in [0.15, 0.2) is 24.3 Å². The van der Waals surface area contributed by atoms with Crippen molar-refractivity contribution in [2.45, 2.75) is 103 Å². The van der Waals surface area contributed by atoms with Gasteiger partial charge in [0.25, 0.3) is 0 Å². The monoisotopic (exact) mass is 393 g/mol. The topological polar surface area (TPSA) is 56.7 Å². The van der Waals surface area contributed by atoms with Gasteiger partial charge in [0.2, 0.25) is 0 Å². The summed E-state index contributed by atoms with van der Waals surface area (Å²) in [6.45, 7) is 9.81. The van der Waals surface area contributed by atoms with Gasteiger partial charge in [-0.2, -0.15) is 23.1 Å². The summed E-state index contributed by atoms with van der Waals surface area (Å²) in [5.74, 6) is 1.60. The number of aryl methyl sites for hydroxylation is 2. The fourth-order valence-corrected chi connectivity index (χ4v) is 6.27. The Kier molecular flexibility index (Phi) is 5.63. The number of rotatable bonds is 5. The van der Waals surface area contributed by atoms with Gasteiger partial charge in [-0.15, -0.1) is 0 Å². The van der Waals surface area contributed by atoms with Gasteiger partial charge in [0, 0.05) is 23.3 Å². The van der Waals surface area contributed by atoms with Crippen LogP contribution in [0.2, 0.25) is 18.0 Å². The zero-order chi connectivity index (χ0) is 20.6. The summed E-state index contributed by atoms with van der Waals surface area (Å²) in [5, 5.41) is 4.99. The van der Waals surface area contributed by atoms with Crippen molar-refractivity contribution < 1.29 is 0 Å². The summed E-state index contributed by atoms with van der Waals surface area (Å²) < 4.78 is 2.23. The molecular formula is C24H38BN4-. The molecule has 2 aromatic rings. The third kappa shape index (κ3) is 4.16. The number of aromatic nitrogens is 3. The first-order chi connectivity index (χ1) is 13.8. The standard InChI is InChI=1S/C24H38BN4/c1-18-9-5-14-21(27-18)22-17-23(24(2,3)4)29(28-22)16-8-15-25(26)19-10-6-11-20(25)13-7-12-19/h5,9,14,17,19-20H,6-8,10-13,15-16,26H2,1-4H3/q-1. The van der Waals surface area contributed by atoms with Gasteiger partial charge < -0.3 is 5.64 Å². The molecule has 4 nitrogen and oxygen atoms in total. The minimum absolute atomic E-state index is 0.0575. The molecule has 0 radical (unpaired) electrons. The van der Waals surface area contributed by atoms with Crippen LogP contribution in [0.4, 0.5) is 0 Å². The van der Waals surface area contributed by atoms with Crippen LogP contribution >= 0.6 is 0 Å². The van der Waals surface area contributed by atoms with Gasteiger partial charge in [0.05, 0.1) is 12.0 Å². The SMILES string of the molecule is Cc1cccc(-c2cc(C(C)(C)C)n(CCC[B-]3(N)C4CCCC3CCC4)n2)n1. The third-order valence-corrected chi connectivity index (χ3v) is 7.83. The average molecular weight is 393 g/mol. The molecule has 2 N–H and O–H groups in total. The molecule has 2 bridgehead atoms. The molecule has 2 aromatic heterocycles. The molecule has 4 heterocycles. The normalized spacial score (nSPS) is 27.2. The third-order valence-electron chi connectivity index (χ3n) is 7.83. The fourth-order valence-electron chi connectivity index (χ4n) is 6.27. The van der Waals surface area contributed by atoms with E-state index in [1.807, 2.05) is 13.0 Å². The first kappa shape index (κ1) is 20.6. The molecule has 2 saturated heterocycles. The predicted octanol–water partition coefficient (Wildman–Crippen LogP) is 5.95. The van der Waals surface area contributed by atoms with Crippen LogP contribution in [0, 0.1) is 6.92 Å². The molecule has 0 spiro atoms. The average Bonchev–Trinajstić information content (AvgIpc) is 3.06. The number of nitrogens with two attached hydrogens (primary N) is 1. The summed E-state index contributed by atoms with van der Waals surface area (Å²) in [4.78, 5) is 4.69. The van der Waals surface area contributed by atoms with E-state index in [1.54, 1.807) is 0 Å². The number of hydrogen-bond acceptors (Lipinski definition) is 3.